The van der Waals surface area contributed by atoms with E-state index in [1.807, 2.05) is 6.92 Å². The van der Waals surface area contributed by atoms with Gasteiger partial charge in [0, 0.05) is 6.42 Å². The number of nitrogens with one attached hydrogen (secondary N) is 3. The molecule has 0 aromatic rings. The number of carbonyl (C=O) groups is 5. The second-order valence-corrected chi connectivity index (χ2v) is 6.32. The number of rotatable bonds is 12. The number of carboxylic acid groups (broad SMARTS) is 1. The van der Waals surface area contributed by atoms with Crippen LogP contribution in [-0.4, -0.2) is 59.4 Å². The lowest BCUT2D eigenvalue weighted by Crippen LogP contribution is -2.53. The van der Waals surface area contributed by atoms with Crippen molar-refractivity contribution in [2.24, 2.45) is 17.4 Å². The number of hydrogen-bond donors (Lipinski definition) is 6. The number of hydrogen-bond acceptors (Lipinski definition) is 6. The summed E-state index contributed by atoms with van der Waals surface area (Å²) in [5.74, 6) is -3.97. The standard InChI is InChI=1S/C16H29N5O6/c1-4-8(2)13(18)15(25)19-7-12(23)21-10(5-6-11(17)22)14(24)20-9(3)16(26)27/h8-10,13H,4-7,18H2,1-3H3,(H2,17,22)(H,19,25)(H,20,24)(H,21,23)(H,26,27). The third-order valence-electron chi connectivity index (χ3n) is 4.04. The maximum atomic E-state index is 12.1. The zero-order chi connectivity index (χ0) is 21.1. The molecule has 27 heavy (non-hydrogen) atoms. The molecule has 0 aliphatic carbocycles. The van der Waals surface area contributed by atoms with Crippen molar-refractivity contribution in [2.75, 3.05) is 6.54 Å². The first-order valence-electron chi connectivity index (χ1n) is 8.63. The lowest BCUT2D eigenvalue weighted by molar-refractivity contribution is -0.141. The highest BCUT2D eigenvalue weighted by Gasteiger charge is 2.25. The smallest absolute Gasteiger partial charge is 0.325 e. The van der Waals surface area contributed by atoms with E-state index in [4.69, 9.17) is 16.6 Å². The zero-order valence-electron chi connectivity index (χ0n) is 15.8. The Balaban J connectivity index is 4.78. The lowest BCUT2D eigenvalue weighted by Gasteiger charge is -2.21. The number of aliphatic carboxylic acids is 1. The fraction of sp³-hybridized carbons (Fsp3) is 0.688. The van der Waals surface area contributed by atoms with Gasteiger partial charge < -0.3 is 32.5 Å². The molecule has 0 spiro atoms. The highest BCUT2D eigenvalue weighted by atomic mass is 16.4. The number of carbonyl (C=O) groups excluding carboxylic acids is 4. The molecule has 0 aromatic carbocycles. The first-order chi connectivity index (χ1) is 12.5. The Morgan fingerprint density at radius 1 is 1.04 bits per heavy atom. The normalized spacial score (nSPS) is 15.0. The summed E-state index contributed by atoms with van der Waals surface area (Å²) in [6.07, 6.45) is 0.391. The molecule has 0 fully saturated rings. The van der Waals surface area contributed by atoms with E-state index in [9.17, 15) is 24.0 Å². The Morgan fingerprint density at radius 2 is 1.63 bits per heavy atom. The maximum Gasteiger partial charge on any atom is 0.325 e. The van der Waals surface area contributed by atoms with Crippen LogP contribution in [0.15, 0.2) is 0 Å². The topological polar surface area (TPSA) is 194 Å². The third kappa shape index (κ3) is 9.54. The number of nitrogens with two attached hydrogens (primary N) is 2. The van der Waals surface area contributed by atoms with Crippen molar-refractivity contribution in [1.82, 2.24) is 16.0 Å². The van der Waals surface area contributed by atoms with E-state index in [0.29, 0.717) is 6.42 Å². The van der Waals surface area contributed by atoms with Crippen molar-refractivity contribution in [3.05, 3.63) is 0 Å². The summed E-state index contributed by atoms with van der Waals surface area (Å²) in [6, 6.07) is -3.13. The summed E-state index contributed by atoms with van der Waals surface area (Å²) < 4.78 is 0. The van der Waals surface area contributed by atoms with Gasteiger partial charge in [-0.25, -0.2) is 0 Å². The van der Waals surface area contributed by atoms with Crippen LogP contribution in [0.5, 0.6) is 0 Å². The fourth-order valence-corrected chi connectivity index (χ4v) is 1.97. The summed E-state index contributed by atoms with van der Waals surface area (Å²) in [5.41, 5.74) is 10.8. The van der Waals surface area contributed by atoms with Crippen LogP contribution < -0.4 is 27.4 Å². The van der Waals surface area contributed by atoms with Crippen molar-refractivity contribution < 1.29 is 29.1 Å². The average Bonchev–Trinajstić information content (AvgIpc) is 2.61. The highest BCUT2D eigenvalue weighted by molar-refractivity contribution is 5.92. The monoisotopic (exact) mass is 387 g/mol. The molecule has 0 rings (SSSR count). The minimum atomic E-state index is -1.25. The van der Waals surface area contributed by atoms with E-state index in [-0.39, 0.29) is 18.8 Å². The van der Waals surface area contributed by atoms with Gasteiger partial charge in [-0.1, -0.05) is 20.3 Å². The van der Waals surface area contributed by atoms with Gasteiger partial charge in [-0.2, -0.15) is 0 Å². The summed E-state index contributed by atoms with van der Waals surface area (Å²) in [7, 11) is 0. The molecule has 0 bridgehead atoms. The summed E-state index contributed by atoms with van der Waals surface area (Å²) in [5, 5.41) is 15.8. The molecule has 4 amide bonds. The fourth-order valence-electron chi connectivity index (χ4n) is 1.97. The number of carboxylic acids is 1. The minimum absolute atomic E-state index is 0.0698. The van der Waals surface area contributed by atoms with Crippen LogP contribution in [0.4, 0.5) is 0 Å². The van der Waals surface area contributed by atoms with Gasteiger partial charge in [0.2, 0.25) is 23.6 Å². The Kier molecular flexibility index (Phi) is 10.7. The second kappa shape index (κ2) is 11.8. The largest absolute Gasteiger partial charge is 0.480 e. The maximum absolute atomic E-state index is 12.1. The molecular weight excluding hydrogens is 358 g/mol. The van der Waals surface area contributed by atoms with Gasteiger partial charge in [-0.3, -0.25) is 24.0 Å². The minimum Gasteiger partial charge on any atom is -0.480 e. The van der Waals surface area contributed by atoms with Gasteiger partial charge in [0.15, 0.2) is 0 Å². The van der Waals surface area contributed by atoms with Gasteiger partial charge >= 0.3 is 5.97 Å². The van der Waals surface area contributed by atoms with Gasteiger partial charge in [0.1, 0.15) is 12.1 Å². The van der Waals surface area contributed by atoms with E-state index >= 15 is 0 Å². The summed E-state index contributed by atoms with van der Waals surface area (Å²) >= 11 is 0. The van der Waals surface area contributed by atoms with E-state index in [1.165, 1.54) is 6.92 Å². The van der Waals surface area contributed by atoms with Crippen LogP contribution in [0.3, 0.4) is 0 Å². The summed E-state index contributed by atoms with van der Waals surface area (Å²) in [6.45, 7) is 4.52. The molecule has 11 nitrogen and oxygen atoms in total. The SMILES string of the molecule is CCC(C)C(N)C(=O)NCC(=O)NC(CCC(N)=O)C(=O)NC(C)C(=O)O. The molecule has 0 aromatic heterocycles. The van der Waals surface area contributed by atoms with Crippen molar-refractivity contribution in [2.45, 2.75) is 58.2 Å². The number of primary amides is 1. The quantitative estimate of drug-likeness (QED) is 0.219. The molecule has 0 saturated carbocycles. The molecule has 4 atom stereocenters. The summed E-state index contributed by atoms with van der Waals surface area (Å²) in [4.78, 5) is 57.8. The molecule has 8 N–H and O–H groups in total. The Hall–Kier alpha value is -2.69. The molecule has 154 valence electrons. The molecule has 0 saturated heterocycles. The zero-order valence-corrected chi connectivity index (χ0v) is 15.8. The average molecular weight is 387 g/mol. The van der Waals surface area contributed by atoms with E-state index in [0.717, 1.165) is 0 Å². The third-order valence-corrected chi connectivity index (χ3v) is 4.04. The number of amides is 4. The molecule has 0 heterocycles. The van der Waals surface area contributed by atoms with Crippen molar-refractivity contribution in [3.8, 4) is 0 Å². The molecule has 0 aliphatic rings. The Morgan fingerprint density at radius 3 is 2.11 bits per heavy atom. The van der Waals surface area contributed by atoms with Crippen LogP contribution in [0.1, 0.15) is 40.0 Å². The molecule has 4 unspecified atom stereocenters. The van der Waals surface area contributed by atoms with Gasteiger partial charge in [0.25, 0.3) is 0 Å². The molecule has 0 radical (unpaired) electrons. The first kappa shape index (κ1) is 24.3. The molecular formula is C16H29N5O6. The van der Waals surface area contributed by atoms with Crippen LogP contribution in [-0.2, 0) is 24.0 Å². The van der Waals surface area contributed by atoms with Crippen LogP contribution in [0, 0.1) is 5.92 Å². The van der Waals surface area contributed by atoms with Crippen LogP contribution in [0.2, 0.25) is 0 Å². The Labute approximate surface area is 157 Å². The van der Waals surface area contributed by atoms with Crippen molar-refractivity contribution >= 4 is 29.6 Å². The van der Waals surface area contributed by atoms with Crippen LogP contribution in [0.25, 0.3) is 0 Å². The predicted molar refractivity (Wildman–Crippen MR) is 96.0 cm³/mol. The van der Waals surface area contributed by atoms with E-state index < -0.39 is 54.3 Å². The van der Waals surface area contributed by atoms with Crippen LogP contribution >= 0.6 is 0 Å². The Bertz CT molecular complexity index is 568. The first-order valence-corrected chi connectivity index (χ1v) is 8.63. The van der Waals surface area contributed by atoms with E-state index in [1.54, 1.807) is 6.92 Å². The molecule has 11 heteroatoms. The van der Waals surface area contributed by atoms with Crippen molar-refractivity contribution in [3.63, 3.8) is 0 Å². The predicted octanol–water partition coefficient (Wildman–Crippen LogP) is -2.18. The van der Waals surface area contributed by atoms with Crippen molar-refractivity contribution in [1.29, 1.82) is 0 Å². The second-order valence-electron chi connectivity index (χ2n) is 6.32. The van der Waals surface area contributed by atoms with Gasteiger partial charge in [-0.15, -0.1) is 0 Å². The lowest BCUT2D eigenvalue weighted by atomic mass is 9.99. The molecule has 0 aliphatic heterocycles. The van der Waals surface area contributed by atoms with Gasteiger partial charge in [0.05, 0.1) is 12.6 Å². The van der Waals surface area contributed by atoms with Gasteiger partial charge in [-0.05, 0) is 19.3 Å². The highest BCUT2D eigenvalue weighted by Crippen LogP contribution is 2.05. The van der Waals surface area contributed by atoms with E-state index in [2.05, 4.69) is 16.0 Å².